The van der Waals surface area contributed by atoms with Crippen LogP contribution in [0.5, 0.6) is 0 Å². The molecule has 3 aromatic rings. The van der Waals surface area contributed by atoms with Gasteiger partial charge in [-0.15, -0.1) is 0 Å². The SMILES string of the molecule is CC(C)NC(=O)c1cnc(Nc2ccc3c(c2)CCNC3(C)C)cc1Nc1cccc(C(C)(C)C)n1. The van der Waals surface area contributed by atoms with Crippen molar-refractivity contribution < 1.29 is 4.79 Å². The van der Waals surface area contributed by atoms with E-state index in [2.05, 4.69) is 79.1 Å². The number of rotatable bonds is 6. The highest BCUT2D eigenvalue weighted by molar-refractivity contribution is 6.00. The van der Waals surface area contributed by atoms with Crippen molar-refractivity contribution in [3.8, 4) is 0 Å². The number of hydrogen-bond donors (Lipinski definition) is 4. The molecule has 4 N–H and O–H groups in total. The fourth-order valence-electron chi connectivity index (χ4n) is 4.45. The van der Waals surface area contributed by atoms with E-state index in [9.17, 15) is 4.79 Å². The standard InChI is InChI=1S/C29H38N6O/c1-18(2)32-27(36)21-17-30-26(16-23(21)34-25-10-8-9-24(35-25)28(3,4)5)33-20-11-12-22-19(15-20)13-14-31-29(22,6)7/h8-12,15-18,31H,13-14H2,1-7H3,(H,32,36)(H2,30,33,34,35). The molecule has 4 rings (SSSR count). The number of benzene rings is 1. The second kappa shape index (κ2) is 9.90. The molecule has 2 aromatic heterocycles. The molecule has 0 saturated heterocycles. The number of pyridine rings is 2. The van der Waals surface area contributed by atoms with E-state index in [1.165, 1.54) is 11.1 Å². The molecule has 7 heteroatoms. The quantitative estimate of drug-likeness (QED) is 0.353. The molecule has 190 valence electrons. The average Bonchev–Trinajstić information content (AvgIpc) is 2.78. The number of hydrogen-bond acceptors (Lipinski definition) is 6. The van der Waals surface area contributed by atoms with Crippen molar-refractivity contribution in [1.29, 1.82) is 0 Å². The van der Waals surface area contributed by atoms with Gasteiger partial charge >= 0.3 is 0 Å². The van der Waals surface area contributed by atoms with Gasteiger partial charge in [-0.1, -0.05) is 32.9 Å². The van der Waals surface area contributed by atoms with Crippen LogP contribution in [0.1, 0.15) is 75.6 Å². The maximum absolute atomic E-state index is 12.9. The van der Waals surface area contributed by atoms with E-state index in [-0.39, 0.29) is 22.9 Å². The number of anilines is 4. The Bertz CT molecular complexity index is 1260. The third-order valence-corrected chi connectivity index (χ3v) is 6.36. The van der Waals surface area contributed by atoms with Gasteiger partial charge in [-0.2, -0.15) is 0 Å². The summed E-state index contributed by atoms with van der Waals surface area (Å²) in [5.41, 5.74) is 5.58. The lowest BCUT2D eigenvalue weighted by Crippen LogP contribution is -2.42. The van der Waals surface area contributed by atoms with Crippen molar-refractivity contribution in [2.24, 2.45) is 0 Å². The highest BCUT2D eigenvalue weighted by Crippen LogP contribution is 2.32. The minimum atomic E-state index is -0.179. The zero-order valence-electron chi connectivity index (χ0n) is 22.4. The highest BCUT2D eigenvalue weighted by atomic mass is 16.1. The van der Waals surface area contributed by atoms with Crippen LogP contribution in [-0.2, 0) is 17.4 Å². The summed E-state index contributed by atoms with van der Waals surface area (Å²) in [5, 5.41) is 13.3. The second-order valence-corrected chi connectivity index (χ2v) is 11.3. The van der Waals surface area contributed by atoms with Crippen LogP contribution in [0.3, 0.4) is 0 Å². The van der Waals surface area contributed by atoms with Crippen LogP contribution < -0.4 is 21.3 Å². The van der Waals surface area contributed by atoms with Gasteiger partial charge in [-0.3, -0.25) is 4.79 Å². The largest absolute Gasteiger partial charge is 0.350 e. The summed E-state index contributed by atoms with van der Waals surface area (Å²) >= 11 is 0. The van der Waals surface area contributed by atoms with Gasteiger partial charge in [0, 0.05) is 40.6 Å². The van der Waals surface area contributed by atoms with E-state index in [4.69, 9.17) is 4.98 Å². The first-order valence-electron chi connectivity index (χ1n) is 12.6. The Morgan fingerprint density at radius 1 is 1.06 bits per heavy atom. The fourth-order valence-corrected chi connectivity index (χ4v) is 4.45. The first-order valence-corrected chi connectivity index (χ1v) is 12.6. The lowest BCUT2D eigenvalue weighted by atomic mass is 9.85. The molecule has 1 aliphatic heterocycles. The Morgan fingerprint density at radius 2 is 1.83 bits per heavy atom. The molecule has 0 atom stereocenters. The Kier molecular flexibility index (Phi) is 7.05. The fraction of sp³-hybridized carbons (Fsp3) is 0.414. The summed E-state index contributed by atoms with van der Waals surface area (Å²) in [6.07, 6.45) is 2.60. The number of nitrogens with one attached hydrogen (secondary N) is 4. The Morgan fingerprint density at radius 3 is 2.56 bits per heavy atom. The van der Waals surface area contributed by atoms with Crippen molar-refractivity contribution >= 4 is 28.9 Å². The third-order valence-electron chi connectivity index (χ3n) is 6.36. The lowest BCUT2D eigenvalue weighted by molar-refractivity contribution is 0.0943. The summed E-state index contributed by atoms with van der Waals surface area (Å²) in [6, 6.07) is 14.2. The minimum Gasteiger partial charge on any atom is -0.350 e. The van der Waals surface area contributed by atoms with Crippen molar-refractivity contribution in [3.63, 3.8) is 0 Å². The molecule has 1 aromatic carbocycles. The van der Waals surface area contributed by atoms with Crippen LogP contribution in [0.15, 0.2) is 48.7 Å². The van der Waals surface area contributed by atoms with Gasteiger partial charge in [0.05, 0.1) is 11.3 Å². The van der Waals surface area contributed by atoms with E-state index in [1.54, 1.807) is 6.20 Å². The van der Waals surface area contributed by atoms with Crippen molar-refractivity contribution in [1.82, 2.24) is 20.6 Å². The average molecular weight is 487 g/mol. The predicted octanol–water partition coefficient (Wildman–Crippen LogP) is 5.78. The molecule has 0 unspecified atom stereocenters. The van der Waals surface area contributed by atoms with E-state index in [0.29, 0.717) is 22.9 Å². The second-order valence-electron chi connectivity index (χ2n) is 11.3. The van der Waals surface area contributed by atoms with E-state index >= 15 is 0 Å². The van der Waals surface area contributed by atoms with Gasteiger partial charge in [-0.25, -0.2) is 9.97 Å². The van der Waals surface area contributed by atoms with Crippen LogP contribution in [-0.4, -0.2) is 28.5 Å². The number of nitrogens with zero attached hydrogens (tertiary/aromatic N) is 2. The number of amides is 1. The van der Waals surface area contributed by atoms with Crippen LogP contribution in [0.2, 0.25) is 0 Å². The summed E-state index contributed by atoms with van der Waals surface area (Å²) in [4.78, 5) is 22.3. The lowest BCUT2D eigenvalue weighted by Gasteiger charge is -2.34. The molecule has 1 aliphatic rings. The number of aromatic nitrogens is 2. The molecule has 3 heterocycles. The molecule has 0 spiro atoms. The van der Waals surface area contributed by atoms with Crippen LogP contribution in [0, 0.1) is 0 Å². The molecule has 0 aliphatic carbocycles. The third kappa shape index (κ3) is 5.85. The zero-order chi connectivity index (χ0) is 26.1. The summed E-state index contributed by atoms with van der Waals surface area (Å²) in [7, 11) is 0. The molecule has 0 fully saturated rings. The molecule has 0 bridgehead atoms. The number of carbonyl (C=O) groups excluding carboxylic acids is 1. The summed E-state index contributed by atoms with van der Waals surface area (Å²) < 4.78 is 0. The topological polar surface area (TPSA) is 91.0 Å². The molecule has 1 amide bonds. The Hall–Kier alpha value is -3.45. The van der Waals surface area contributed by atoms with Crippen LogP contribution in [0.4, 0.5) is 23.0 Å². The van der Waals surface area contributed by atoms with E-state index in [1.807, 2.05) is 38.1 Å². The number of fused-ring (bicyclic) bond motifs is 1. The van der Waals surface area contributed by atoms with Crippen molar-refractivity contribution in [2.45, 2.75) is 71.9 Å². The van der Waals surface area contributed by atoms with Gasteiger partial charge in [-0.05, 0) is 76.1 Å². The minimum absolute atomic E-state index is 0.0136. The van der Waals surface area contributed by atoms with Gasteiger partial charge in [0.1, 0.15) is 11.6 Å². The van der Waals surface area contributed by atoms with Crippen molar-refractivity contribution in [3.05, 3.63) is 71.0 Å². The van der Waals surface area contributed by atoms with E-state index in [0.717, 1.165) is 24.3 Å². The maximum Gasteiger partial charge on any atom is 0.255 e. The van der Waals surface area contributed by atoms with Gasteiger partial charge < -0.3 is 21.3 Å². The van der Waals surface area contributed by atoms with Gasteiger partial charge in [0.25, 0.3) is 5.91 Å². The zero-order valence-corrected chi connectivity index (χ0v) is 22.4. The monoisotopic (exact) mass is 486 g/mol. The molecule has 0 radical (unpaired) electrons. The molecule has 7 nitrogen and oxygen atoms in total. The molecular formula is C29H38N6O. The first-order chi connectivity index (χ1) is 16.9. The Balaban J connectivity index is 1.66. The summed E-state index contributed by atoms with van der Waals surface area (Å²) in [6.45, 7) is 15.6. The van der Waals surface area contributed by atoms with Crippen LogP contribution in [0.25, 0.3) is 0 Å². The molecular weight excluding hydrogens is 448 g/mol. The molecule has 36 heavy (non-hydrogen) atoms. The normalized spacial score (nSPS) is 14.8. The highest BCUT2D eigenvalue weighted by Gasteiger charge is 2.26. The molecule has 0 saturated carbocycles. The number of carbonyl (C=O) groups is 1. The van der Waals surface area contributed by atoms with Gasteiger partial charge in [0.15, 0.2) is 0 Å². The maximum atomic E-state index is 12.9. The smallest absolute Gasteiger partial charge is 0.255 e. The Labute approximate surface area is 214 Å². The van der Waals surface area contributed by atoms with Crippen LogP contribution >= 0.6 is 0 Å². The van der Waals surface area contributed by atoms with Gasteiger partial charge in [0.2, 0.25) is 0 Å². The summed E-state index contributed by atoms with van der Waals surface area (Å²) in [5.74, 6) is 1.16. The predicted molar refractivity (Wildman–Crippen MR) is 148 cm³/mol. The first kappa shape index (κ1) is 25.6. The van der Waals surface area contributed by atoms with E-state index < -0.39 is 0 Å². The van der Waals surface area contributed by atoms with Crippen molar-refractivity contribution in [2.75, 3.05) is 17.2 Å².